The molecule has 1 fully saturated rings. The highest BCUT2D eigenvalue weighted by atomic mass is 16.7. The third-order valence-corrected chi connectivity index (χ3v) is 8.49. The van der Waals surface area contributed by atoms with Gasteiger partial charge in [0.25, 0.3) is 5.56 Å². The molecule has 3 N–H and O–H groups in total. The van der Waals surface area contributed by atoms with Crippen LogP contribution in [0.4, 0.5) is 0 Å². The number of hydrogen-bond acceptors (Lipinski definition) is 9. The van der Waals surface area contributed by atoms with Crippen LogP contribution in [0.3, 0.4) is 0 Å². The van der Waals surface area contributed by atoms with Crippen molar-refractivity contribution in [1.82, 2.24) is 24.5 Å². The second-order valence-corrected chi connectivity index (χ2v) is 12.7. The molecule has 238 valence electrons. The van der Waals surface area contributed by atoms with Gasteiger partial charge in [-0.3, -0.25) is 9.36 Å². The Balaban J connectivity index is 1.31. The van der Waals surface area contributed by atoms with Crippen LogP contribution in [0.5, 0.6) is 0 Å². The number of ether oxygens (including phenoxy) is 1. The van der Waals surface area contributed by atoms with Crippen molar-refractivity contribution in [3.63, 3.8) is 0 Å². The Bertz CT molecular complexity index is 1750. The van der Waals surface area contributed by atoms with Gasteiger partial charge in [-0.25, -0.2) is 4.52 Å². The highest BCUT2D eigenvalue weighted by Gasteiger charge is 2.29. The van der Waals surface area contributed by atoms with Crippen LogP contribution >= 0.6 is 0 Å². The van der Waals surface area contributed by atoms with Gasteiger partial charge in [0.2, 0.25) is 5.78 Å². The maximum atomic E-state index is 14.4. The smallest absolute Gasteiger partial charge is 0.304 e. The third-order valence-electron chi connectivity index (χ3n) is 8.49. The fraction of sp³-hybridized carbons (Fsp3) is 0.471. The van der Waals surface area contributed by atoms with Crippen LogP contribution in [-0.2, 0) is 22.4 Å². The summed E-state index contributed by atoms with van der Waals surface area (Å²) in [4.78, 5) is 24.1. The summed E-state index contributed by atoms with van der Waals surface area (Å²) in [7, 11) is 0. The van der Waals surface area contributed by atoms with Crippen molar-refractivity contribution < 1.29 is 19.8 Å². The second-order valence-electron chi connectivity index (χ2n) is 12.7. The number of aliphatic hydroxyl groups is 2. The van der Waals surface area contributed by atoms with Crippen molar-refractivity contribution in [3.05, 3.63) is 87.1 Å². The molecule has 2 aromatic carbocycles. The minimum atomic E-state index is -1.16. The number of oxime groups is 1. The fourth-order valence-corrected chi connectivity index (χ4v) is 6.37. The topological polar surface area (TPSA) is 136 Å². The molecule has 3 heterocycles. The Morgan fingerprint density at radius 3 is 2.42 bits per heavy atom. The van der Waals surface area contributed by atoms with Gasteiger partial charge in [0.15, 0.2) is 5.84 Å². The number of aliphatic hydroxyl groups excluding tert-OH is 1. The molecule has 1 unspecified atom stereocenters. The molecule has 11 heteroatoms. The van der Waals surface area contributed by atoms with E-state index in [9.17, 15) is 15.0 Å². The van der Waals surface area contributed by atoms with E-state index in [2.05, 4.69) is 29.5 Å². The molecule has 11 nitrogen and oxygen atoms in total. The van der Waals surface area contributed by atoms with Crippen LogP contribution in [0.25, 0.3) is 16.9 Å². The molecule has 0 bridgehead atoms. The van der Waals surface area contributed by atoms with Gasteiger partial charge in [-0.2, -0.15) is 10.1 Å². The van der Waals surface area contributed by atoms with Gasteiger partial charge in [0, 0.05) is 23.6 Å². The van der Waals surface area contributed by atoms with Gasteiger partial charge >= 0.3 is 6.41 Å². The zero-order valence-electron chi connectivity index (χ0n) is 26.4. The molecule has 0 spiro atoms. The van der Waals surface area contributed by atoms with E-state index in [1.807, 2.05) is 52.4 Å². The molecule has 1 aliphatic carbocycles. The van der Waals surface area contributed by atoms with E-state index in [1.54, 1.807) is 13.8 Å². The lowest BCUT2D eigenvalue weighted by Crippen LogP contribution is -2.36. The molecule has 1 aliphatic heterocycles. The summed E-state index contributed by atoms with van der Waals surface area (Å²) >= 11 is 0. The van der Waals surface area contributed by atoms with E-state index in [-0.39, 0.29) is 17.7 Å². The fourth-order valence-electron chi connectivity index (χ4n) is 6.37. The first-order valence-corrected chi connectivity index (χ1v) is 15.8. The van der Waals surface area contributed by atoms with Crippen LogP contribution < -0.4 is 10.9 Å². The van der Waals surface area contributed by atoms with Gasteiger partial charge in [-0.15, -0.1) is 0 Å². The minimum Gasteiger partial charge on any atom is -0.388 e. The number of nitrogens with one attached hydrogen (secondary N) is 1. The van der Waals surface area contributed by atoms with E-state index >= 15 is 0 Å². The normalized spacial score (nSPS) is 20.2. The van der Waals surface area contributed by atoms with E-state index in [0.717, 1.165) is 72.0 Å². The number of hydrogen-bond donors (Lipinski definition) is 3. The molecule has 1 saturated carbocycles. The summed E-state index contributed by atoms with van der Waals surface area (Å²) in [6.07, 6.45) is 4.19. The highest BCUT2D eigenvalue weighted by Crippen LogP contribution is 2.32. The zero-order valence-corrected chi connectivity index (χ0v) is 26.4. The lowest BCUT2D eigenvalue weighted by Gasteiger charge is -2.32. The number of fused-ring (bicyclic) bond motifs is 1. The van der Waals surface area contributed by atoms with Crippen molar-refractivity contribution in [2.75, 3.05) is 6.61 Å². The van der Waals surface area contributed by atoms with Crippen LogP contribution in [0, 0.1) is 6.92 Å². The monoisotopic (exact) mass is 614 g/mol. The van der Waals surface area contributed by atoms with Gasteiger partial charge in [0.05, 0.1) is 24.0 Å². The van der Waals surface area contributed by atoms with Crippen molar-refractivity contribution in [1.29, 1.82) is 0 Å². The van der Waals surface area contributed by atoms with E-state index in [1.165, 1.54) is 0 Å². The van der Waals surface area contributed by atoms with Crippen molar-refractivity contribution in [2.45, 2.75) is 96.8 Å². The number of aryl methyl sites for hydroxylation is 2. The average Bonchev–Trinajstić information content (AvgIpc) is 3.63. The predicted molar refractivity (Wildman–Crippen MR) is 171 cm³/mol. The first-order valence-electron chi connectivity index (χ1n) is 15.8. The van der Waals surface area contributed by atoms with Gasteiger partial charge in [-0.05, 0) is 69.6 Å². The summed E-state index contributed by atoms with van der Waals surface area (Å²) < 4.78 is 9.76. The van der Waals surface area contributed by atoms with Crippen molar-refractivity contribution in [3.8, 4) is 11.1 Å². The number of rotatable bonds is 10. The molecule has 0 saturated heterocycles. The second kappa shape index (κ2) is 12.7. The van der Waals surface area contributed by atoms with Crippen LogP contribution in [0.15, 0.2) is 58.5 Å². The van der Waals surface area contributed by atoms with Crippen molar-refractivity contribution >= 4 is 11.6 Å². The molecule has 6 rings (SSSR count). The summed E-state index contributed by atoms with van der Waals surface area (Å²) in [6, 6.07) is 16.0. The largest absolute Gasteiger partial charge is 0.388 e. The average molecular weight is 615 g/mol. The quantitative estimate of drug-likeness (QED) is 0.242. The maximum absolute atomic E-state index is 14.4. The molecule has 1 atom stereocenters. The molecular weight excluding hydrogens is 572 g/mol. The molecular formula is C34H42N6O5. The summed E-state index contributed by atoms with van der Waals surface area (Å²) in [5.74, 6) is 1.72. The summed E-state index contributed by atoms with van der Waals surface area (Å²) in [5.41, 5.74) is 4.56. The van der Waals surface area contributed by atoms with Crippen LogP contribution in [0.1, 0.15) is 87.1 Å². The Hall–Kier alpha value is -4.06. The number of benzene rings is 2. The minimum absolute atomic E-state index is 0.00231. The highest BCUT2D eigenvalue weighted by molar-refractivity contribution is 6.04. The molecule has 2 aromatic heterocycles. The Labute approximate surface area is 262 Å². The van der Waals surface area contributed by atoms with E-state index in [0.29, 0.717) is 30.5 Å². The number of aromatic nitrogens is 4. The molecule has 0 amide bonds. The first-order chi connectivity index (χ1) is 21.6. The molecule has 2 aliphatic rings. The standard InChI is InChI=1S/C34H42N6O5/c1-5-8-29-28(19-22-11-13-23(14-12-22)26-9-6-7-10-27(26)30-36-33(42)45-38-30)31(41)39(32-35-21(2)37-40(29)32)24-15-17-25(18-16-24)44-20-34(3,4)43/h6-7,9-14,24-25,33,42-43H,5,8,15-20H2,1-4H3,(H,36,38)/t24-,25-,33?. The Morgan fingerprint density at radius 1 is 1.07 bits per heavy atom. The van der Waals surface area contributed by atoms with Gasteiger partial charge < -0.3 is 25.1 Å². The van der Waals surface area contributed by atoms with Crippen molar-refractivity contribution in [2.24, 2.45) is 5.16 Å². The zero-order chi connectivity index (χ0) is 31.7. The maximum Gasteiger partial charge on any atom is 0.304 e. The lowest BCUT2D eigenvalue weighted by atomic mass is 9.92. The first kappa shape index (κ1) is 30.9. The summed E-state index contributed by atoms with van der Waals surface area (Å²) in [5, 5.41) is 31.4. The molecule has 45 heavy (non-hydrogen) atoms. The van der Waals surface area contributed by atoms with Gasteiger partial charge in [0.1, 0.15) is 5.82 Å². The van der Waals surface area contributed by atoms with Gasteiger partial charge in [-0.1, -0.05) is 67.0 Å². The Kier molecular flexibility index (Phi) is 8.76. The van der Waals surface area contributed by atoms with Crippen LogP contribution in [0.2, 0.25) is 0 Å². The predicted octanol–water partition coefficient (Wildman–Crippen LogP) is 4.24. The van der Waals surface area contributed by atoms with Crippen LogP contribution in [-0.4, -0.2) is 59.9 Å². The SMILES string of the molecule is CCCc1c(Cc2ccc(-c3ccccc3C3=NOC(O)N3)cc2)c(=O)n([C@H]2CC[C@H](OCC(C)(C)O)CC2)c2nc(C)nn12. The summed E-state index contributed by atoms with van der Waals surface area (Å²) in [6.45, 7) is 7.77. The third kappa shape index (κ3) is 6.66. The molecule has 0 radical (unpaired) electrons. The number of nitrogens with zero attached hydrogens (tertiary/aromatic N) is 5. The number of amidine groups is 1. The Morgan fingerprint density at radius 2 is 1.78 bits per heavy atom. The van der Waals surface area contributed by atoms with E-state index < -0.39 is 12.0 Å². The molecule has 4 aromatic rings. The van der Waals surface area contributed by atoms with E-state index in [4.69, 9.17) is 19.7 Å². The lowest BCUT2D eigenvalue weighted by molar-refractivity contribution is -0.0896.